The second kappa shape index (κ2) is 6.80. The maximum Gasteiger partial charge on any atom is 0.573 e. The molecule has 148 valence electrons. The largest absolute Gasteiger partial charge is 0.573 e. The van der Waals surface area contributed by atoms with Gasteiger partial charge in [0.05, 0.1) is 0 Å². The highest BCUT2D eigenvalue weighted by Gasteiger charge is 2.31. The van der Waals surface area contributed by atoms with Crippen molar-refractivity contribution < 1.29 is 22.3 Å². The number of halogens is 4. The van der Waals surface area contributed by atoms with Gasteiger partial charge in [0.2, 0.25) is 0 Å². The molecule has 2 heterocycles. The van der Waals surface area contributed by atoms with Gasteiger partial charge in [0.1, 0.15) is 17.1 Å². The van der Waals surface area contributed by atoms with E-state index < -0.39 is 6.36 Å². The first-order valence-electron chi connectivity index (χ1n) is 8.56. The molecule has 0 aliphatic heterocycles. The van der Waals surface area contributed by atoms with E-state index in [1.807, 2.05) is 0 Å². The van der Waals surface area contributed by atoms with E-state index in [1.54, 1.807) is 42.2 Å². The zero-order valence-electron chi connectivity index (χ0n) is 15.1. The number of rotatable bonds is 3. The van der Waals surface area contributed by atoms with Crippen LogP contribution in [0.25, 0.3) is 27.7 Å². The molecule has 0 N–H and O–H groups in total. The molecule has 0 saturated heterocycles. The summed E-state index contributed by atoms with van der Waals surface area (Å²) >= 11 is 0. The maximum absolute atomic E-state index is 13.3. The molecule has 29 heavy (non-hydrogen) atoms. The van der Waals surface area contributed by atoms with Gasteiger partial charge in [-0.3, -0.25) is 9.36 Å². The number of aryl methyl sites for hydroxylation is 1. The molecule has 0 amide bonds. The first kappa shape index (κ1) is 18.8. The Labute approximate surface area is 162 Å². The fourth-order valence-electron chi connectivity index (χ4n) is 3.24. The third kappa shape index (κ3) is 3.61. The number of hydrogen-bond acceptors (Lipinski definition) is 2. The highest BCUT2D eigenvalue weighted by molar-refractivity contribution is 5.94. The van der Waals surface area contributed by atoms with Crippen LogP contribution in [0, 0.1) is 5.82 Å². The Morgan fingerprint density at radius 1 is 0.931 bits per heavy atom. The van der Waals surface area contributed by atoms with Crippen LogP contribution >= 0.6 is 0 Å². The average molecular weight is 402 g/mol. The average Bonchev–Trinajstić information content (AvgIpc) is 3.05. The molecule has 0 radical (unpaired) electrons. The summed E-state index contributed by atoms with van der Waals surface area (Å²) in [5.74, 6) is -0.764. The first-order valence-corrected chi connectivity index (χ1v) is 8.56. The molecule has 0 bridgehead atoms. The van der Waals surface area contributed by atoms with E-state index in [2.05, 4.69) is 4.74 Å². The van der Waals surface area contributed by atoms with Crippen molar-refractivity contribution >= 4 is 10.9 Å². The van der Waals surface area contributed by atoms with E-state index in [1.165, 1.54) is 28.8 Å². The van der Waals surface area contributed by atoms with E-state index in [4.69, 9.17) is 0 Å². The Morgan fingerprint density at radius 3 is 2.21 bits per heavy atom. The molecule has 0 spiro atoms. The second-order valence-electron chi connectivity index (χ2n) is 6.46. The molecule has 2 aromatic heterocycles. The van der Waals surface area contributed by atoms with Gasteiger partial charge in [-0.15, -0.1) is 13.2 Å². The normalized spacial score (nSPS) is 11.8. The fourth-order valence-corrected chi connectivity index (χ4v) is 3.24. The number of fused-ring (bicyclic) bond motifs is 1. The van der Waals surface area contributed by atoms with Crippen LogP contribution in [-0.2, 0) is 7.05 Å². The number of nitrogens with zero attached hydrogens (tertiary/aromatic N) is 2. The third-order valence-electron chi connectivity index (χ3n) is 4.55. The van der Waals surface area contributed by atoms with E-state index >= 15 is 0 Å². The van der Waals surface area contributed by atoms with Gasteiger partial charge >= 0.3 is 6.36 Å². The molecule has 2 aromatic carbocycles. The molecule has 0 unspecified atom stereocenters. The SMILES string of the molecule is Cn1ccc2c(-c3ccc(F)cc3)cn(-c3ccc(OC(F)(F)F)cc3)c(=O)c21. The van der Waals surface area contributed by atoms with Crippen molar-refractivity contribution in [2.45, 2.75) is 6.36 Å². The first-order chi connectivity index (χ1) is 13.7. The lowest BCUT2D eigenvalue weighted by molar-refractivity contribution is -0.274. The Bertz CT molecular complexity index is 1240. The lowest BCUT2D eigenvalue weighted by atomic mass is 10.0. The molecule has 0 atom stereocenters. The summed E-state index contributed by atoms with van der Waals surface area (Å²) in [6.07, 6.45) is -1.46. The van der Waals surface area contributed by atoms with Crippen LogP contribution in [0.5, 0.6) is 5.75 Å². The van der Waals surface area contributed by atoms with Gasteiger partial charge in [0.15, 0.2) is 0 Å². The van der Waals surface area contributed by atoms with Gasteiger partial charge in [-0.25, -0.2) is 4.39 Å². The maximum atomic E-state index is 13.3. The van der Waals surface area contributed by atoms with E-state index in [-0.39, 0.29) is 17.1 Å². The summed E-state index contributed by atoms with van der Waals surface area (Å²) in [5.41, 5.74) is 1.85. The van der Waals surface area contributed by atoms with Gasteiger partial charge in [0, 0.05) is 36.1 Å². The summed E-state index contributed by atoms with van der Waals surface area (Å²) in [6, 6.07) is 12.7. The van der Waals surface area contributed by atoms with Crippen LogP contribution in [0.4, 0.5) is 17.6 Å². The number of pyridine rings is 1. The van der Waals surface area contributed by atoms with Gasteiger partial charge in [-0.05, 0) is 48.0 Å². The van der Waals surface area contributed by atoms with Crippen LogP contribution in [0.3, 0.4) is 0 Å². The summed E-state index contributed by atoms with van der Waals surface area (Å²) in [6.45, 7) is 0. The minimum atomic E-state index is -4.80. The van der Waals surface area contributed by atoms with Crippen LogP contribution in [0.2, 0.25) is 0 Å². The molecule has 4 aromatic rings. The molecule has 4 nitrogen and oxygen atoms in total. The van der Waals surface area contributed by atoms with Crippen LogP contribution < -0.4 is 10.3 Å². The van der Waals surface area contributed by atoms with E-state index in [0.717, 1.165) is 12.1 Å². The van der Waals surface area contributed by atoms with Crippen molar-refractivity contribution in [3.05, 3.63) is 83.2 Å². The molecule has 8 heteroatoms. The Kier molecular flexibility index (Phi) is 4.41. The van der Waals surface area contributed by atoms with Gasteiger partial charge in [0.25, 0.3) is 5.56 Å². The summed E-state index contributed by atoms with van der Waals surface area (Å²) in [5, 5.41) is 0.692. The van der Waals surface area contributed by atoms with Crippen molar-refractivity contribution in [3.63, 3.8) is 0 Å². The minimum absolute atomic E-state index is 0.331. The van der Waals surface area contributed by atoms with Crippen molar-refractivity contribution in [2.24, 2.45) is 7.05 Å². The molecule has 0 saturated carbocycles. The van der Waals surface area contributed by atoms with Crippen LogP contribution in [0.1, 0.15) is 0 Å². The van der Waals surface area contributed by atoms with Gasteiger partial charge < -0.3 is 9.30 Å². The standard InChI is InChI=1S/C21H14F4N2O2/c1-26-11-10-17-18(13-2-4-14(22)5-3-13)12-27(20(28)19(17)26)15-6-8-16(9-7-15)29-21(23,24)25/h2-12H,1H3. The summed E-state index contributed by atoms with van der Waals surface area (Å²) in [7, 11) is 1.72. The van der Waals surface area contributed by atoms with Crippen molar-refractivity contribution in [1.82, 2.24) is 9.13 Å². The monoisotopic (exact) mass is 402 g/mol. The Hall–Kier alpha value is -3.55. The second-order valence-corrected chi connectivity index (χ2v) is 6.46. The number of ether oxygens (including phenoxy) is 1. The fraction of sp³-hybridized carbons (Fsp3) is 0.0952. The van der Waals surface area contributed by atoms with Gasteiger partial charge in [-0.2, -0.15) is 0 Å². The number of alkyl halides is 3. The number of aromatic nitrogens is 2. The zero-order chi connectivity index (χ0) is 20.8. The lowest BCUT2D eigenvalue weighted by Crippen LogP contribution is -2.20. The predicted molar refractivity (Wildman–Crippen MR) is 101 cm³/mol. The van der Waals surface area contributed by atoms with E-state index in [0.29, 0.717) is 27.7 Å². The van der Waals surface area contributed by atoms with Gasteiger partial charge in [-0.1, -0.05) is 12.1 Å². The molecule has 0 aliphatic rings. The molecule has 0 fully saturated rings. The summed E-state index contributed by atoms with van der Waals surface area (Å²) < 4.78 is 57.3. The van der Waals surface area contributed by atoms with Crippen molar-refractivity contribution in [2.75, 3.05) is 0 Å². The predicted octanol–water partition coefficient (Wildman–Crippen LogP) is 5.03. The molecule has 4 rings (SSSR count). The molecular weight excluding hydrogens is 388 g/mol. The lowest BCUT2D eigenvalue weighted by Gasteiger charge is -2.13. The smallest absolute Gasteiger partial charge is 0.406 e. The molecule has 0 aliphatic carbocycles. The highest BCUT2D eigenvalue weighted by atomic mass is 19.4. The number of benzene rings is 2. The third-order valence-corrected chi connectivity index (χ3v) is 4.55. The Balaban J connectivity index is 1.89. The van der Waals surface area contributed by atoms with E-state index in [9.17, 15) is 22.4 Å². The van der Waals surface area contributed by atoms with Crippen molar-refractivity contribution in [1.29, 1.82) is 0 Å². The highest BCUT2D eigenvalue weighted by Crippen LogP contribution is 2.29. The quantitative estimate of drug-likeness (QED) is 0.451. The minimum Gasteiger partial charge on any atom is -0.406 e. The Morgan fingerprint density at radius 2 is 1.59 bits per heavy atom. The topological polar surface area (TPSA) is 36.2 Å². The van der Waals surface area contributed by atoms with Crippen LogP contribution in [0.15, 0.2) is 71.8 Å². The number of hydrogen-bond donors (Lipinski definition) is 0. The van der Waals surface area contributed by atoms with Crippen LogP contribution in [-0.4, -0.2) is 15.5 Å². The summed E-state index contributed by atoms with van der Waals surface area (Å²) in [4.78, 5) is 13.0. The molecular formula is C21H14F4N2O2. The zero-order valence-corrected chi connectivity index (χ0v) is 15.1. The van der Waals surface area contributed by atoms with Crippen molar-refractivity contribution in [3.8, 4) is 22.6 Å².